The van der Waals surface area contributed by atoms with E-state index in [1.807, 2.05) is 72.9 Å². The van der Waals surface area contributed by atoms with Crippen LogP contribution < -0.4 is 0 Å². The van der Waals surface area contributed by atoms with Crippen molar-refractivity contribution < 1.29 is 0 Å². The van der Waals surface area contributed by atoms with E-state index >= 15 is 0 Å². The van der Waals surface area contributed by atoms with Crippen molar-refractivity contribution in [1.82, 2.24) is 24.4 Å². The topological polar surface area (TPSA) is 46.8 Å². The number of nitrogens with zero attached hydrogens (tertiary/aromatic N) is 5. The first-order valence-corrected chi connectivity index (χ1v) is 7.28. The molecule has 3 aromatic heterocycles. The Hall–Kier alpha value is -2.53. The fraction of sp³-hybridized carbons (Fsp3) is 0.235. The Kier molecular flexibility index (Phi) is 4.56. The largest absolute Gasteiger partial charge is 0.340 e. The number of aryl methyl sites for hydroxylation is 1. The zero-order chi connectivity index (χ0) is 15.2. The molecule has 3 rings (SSSR count). The molecule has 0 N–H and O–H groups in total. The predicted octanol–water partition coefficient (Wildman–Crippen LogP) is 2.41. The van der Waals surface area contributed by atoms with Crippen LogP contribution in [0.3, 0.4) is 0 Å². The number of aromatic nitrogens is 4. The molecule has 0 saturated heterocycles. The molecule has 22 heavy (non-hydrogen) atoms. The average molecular weight is 293 g/mol. The normalized spacial score (nSPS) is 11.0. The SMILES string of the molecule is Cn1cnc(CN(Cc2ccccn2)Cc2ccccn2)c1. The summed E-state index contributed by atoms with van der Waals surface area (Å²) in [7, 11) is 1.98. The number of rotatable bonds is 6. The van der Waals surface area contributed by atoms with E-state index in [1.165, 1.54) is 0 Å². The highest BCUT2D eigenvalue weighted by atomic mass is 15.2. The van der Waals surface area contributed by atoms with Gasteiger partial charge in [-0.25, -0.2) is 4.98 Å². The van der Waals surface area contributed by atoms with Crippen LogP contribution in [0.2, 0.25) is 0 Å². The Labute approximate surface area is 130 Å². The van der Waals surface area contributed by atoms with Crippen LogP contribution in [0.1, 0.15) is 17.1 Å². The zero-order valence-corrected chi connectivity index (χ0v) is 12.6. The molecule has 0 unspecified atom stereocenters. The maximum absolute atomic E-state index is 4.42. The minimum Gasteiger partial charge on any atom is -0.340 e. The van der Waals surface area contributed by atoms with Gasteiger partial charge in [-0.1, -0.05) is 12.1 Å². The van der Waals surface area contributed by atoms with Gasteiger partial charge >= 0.3 is 0 Å². The molecular formula is C17H19N5. The fourth-order valence-corrected chi connectivity index (χ4v) is 2.39. The van der Waals surface area contributed by atoms with Crippen LogP contribution in [0.25, 0.3) is 0 Å². The number of pyridine rings is 2. The molecule has 3 heterocycles. The first-order valence-electron chi connectivity index (χ1n) is 7.28. The van der Waals surface area contributed by atoms with Crippen LogP contribution in [0.4, 0.5) is 0 Å². The van der Waals surface area contributed by atoms with Gasteiger partial charge in [-0.15, -0.1) is 0 Å². The summed E-state index contributed by atoms with van der Waals surface area (Å²) < 4.78 is 1.97. The summed E-state index contributed by atoms with van der Waals surface area (Å²) in [5.41, 5.74) is 3.15. The summed E-state index contributed by atoms with van der Waals surface area (Å²) in [5, 5.41) is 0. The molecule has 0 radical (unpaired) electrons. The molecule has 0 aliphatic heterocycles. The molecule has 3 aromatic rings. The van der Waals surface area contributed by atoms with Crippen LogP contribution in [-0.4, -0.2) is 24.4 Å². The lowest BCUT2D eigenvalue weighted by molar-refractivity contribution is 0.239. The second-order valence-corrected chi connectivity index (χ2v) is 5.32. The molecule has 0 spiro atoms. The van der Waals surface area contributed by atoms with E-state index in [9.17, 15) is 0 Å². The molecule has 0 aliphatic carbocycles. The smallest absolute Gasteiger partial charge is 0.0947 e. The third kappa shape index (κ3) is 3.99. The second kappa shape index (κ2) is 6.95. The fourth-order valence-electron chi connectivity index (χ4n) is 2.39. The summed E-state index contributed by atoms with van der Waals surface area (Å²) >= 11 is 0. The van der Waals surface area contributed by atoms with Crippen LogP contribution in [-0.2, 0) is 26.7 Å². The van der Waals surface area contributed by atoms with Gasteiger partial charge in [0, 0.05) is 45.3 Å². The molecule has 0 aromatic carbocycles. The summed E-state index contributed by atoms with van der Waals surface area (Å²) in [6.07, 6.45) is 7.53. The molecule has 0 amide bonds. The van der Waals surface area contributed by atoms with E-state index in [4.69, 9.17) is 0 Å². The molecule has 0 aliphatic rings. The Bertz CT molecular complexity index is 652. The van der Waals surface area contributed by atoms with E-state index in [0.29, 0.717) is 0 Å². The second-order valence-electron chi connectivity index (χ2n) is 5.32. The standard InChI is InChI=1S/C17H19N5/c1-21-10-17(20-14-21)13-22(11-15-6-2-4-8-18-15)12-16-7-3-5-9-19-16/h2-10,14H,11-13H2,1H3. The summed E-state index contributed by atoms with van der Waals surface area (Å²) in [6, 6.07) is 12.0. The van der Waals surface area contributed by atoms with Gasteiger partial charge in [0.25, 0.3) is 0 Å². The van der Waals surface area contributed by atoms with E-state index in [1.54, 1.807) is 0 Å². The third-order valence-corrected chi connectivity index (χ3v) is 3.37. The van der Waals surface area contributed by atoms with Crippen molar-refractivity contribution in [2.75, 3.05) is 0 Å². The van der Waals surface area contributed by atoms with Crippen LogP contribution in [0.5, 0.6) is 0 Å². The van der Waals surface area contributed by atoms with Crippen LogP contribution in [0, 0.1) is 0 Å². The summed E-state index contributed by atoms with van der Waals surface area (Å²) in [5.74, 6) is 0. The molecule has 112 valence electrons. The molecule has 0 bridgehead atoms. The Morgan fingerprint density at radius 1 is 0.818 bits per heavy atom. The lowest BCUT2D eigenvalue weighted by Crippen LogP contribution is -2.23. The van der Waals surface area contributed by atoms with Crippen molar-refractivity contribution in [3.63, 3.8) is 0 Å². The lowest BCUT2D eigenvalue weighted by atomic mass is 10.2. The summed E-state index contributed by atoms with van der Waals surface area (Å²) in [6.45, 7) is 2.32. The molecule has 5 nitrogen and oxygen atoms in total. The van der Waals surface area contributed by atoms with E-state index < -0.39 is 0 Å². The maximum Gasteiger partial charge on any atom is 0.0947 e. The minimum absolute atomic E-state index is 0.772. The van der Waals surface area contributed by atoms with Gasteiger partial charge in [0.1, 0.15) is 0 Å². The van der Waals surface area contributed by atoms with Crippen molar-refractivity contribution in [2.24, 2.45) is 7.05 Å². The monoisotopic (exact) mass is 293 g/mol. The van der Waals surface area contributed by atoms with Gasteiger partial charge in [-0.3, -0.25) is 14.9 Å². The molecular weight excluding hydrogens is 274 g/mol. The van der Waals surface area contributed by atoms with Gasteiger partial charge in [0.2, 0.25) is 0 Å². The lowest BCUT2D eigenvalue weighted by Gasteiger charge is -2.20. The highest BCUT2D eigenvalue weighted by Gasteiger charge is 2.11. The number of hydrogen-bond acceptors (Lipinski definition) is 4. The highest BCUT2D eigenvalue weighted by Crippen LogP contribution is 2.10. The molecule has 0 saturated carbocycles. The average Bonchev–Trinajstić information content (AvgIpc) is 2.94. The number of hydrogen-bond donors (Lipinski definition) is 0. The van der Waals surface area contributed by atoms with E-state index in [0.717, 1.165) is 36.7 Å². The minimum atomic E-state index is 0.772. The first-order chi connectivity index (χ1) is 10.8. The van der Waals surface area contributed by atoms with Crippen molar-refractivity contribution >= 4 is 0 Å². The van der Waals surface area contributed by atoms with Gasteiger partial charge in [-0.05, 0) is 24.3 Å². The maximum atomic E-state index is 4.42. The van der Waals surface area contributed by atoms with Crippen LogP contribution in [0.15, 0.2) is 61.3 Å². The van der Waals surface area contributed by atoms with Crippen molar-refractivity contribution in [3.8, 4) is 0 Å². The van der Waals surface area contributed by atoms with E-state index in [2.05, 4.69) is 19.9 Å². The van der Waals surface area contributed by atoms with Crippen molar-refractivity contribution in [1.29, 1.82) is 0 Å². The van der Waals surface area contributed by atoms with Gasteiger partial charge in [0.15, 0.2) is 0 Å². The highest BCUT2D eigenvalue weighted by molar-refractivity contribution is 5.07. The van der Waals surface area contributed by atoms with Gasteiger partial charge in [0.05, 0.1) is 23.4 Å². The molecule has 0 atom stereocenters. The zero-order valence-electron chi connectivity index (χ0n) is 12.6. The Morgan fingerprint density at radius 3 is 1.86 bits per heavy atom. The van der Waals surface area contributed by atoms with Gasteiger partial charge in [-0.2, -0.15) is 0 Å². The third-order valence-electron chi connectivity index (χ3n) is 3.37. The summed E-state index contributed by atoms with van der Waals surface area (Å²) in [4.78, 5) is 15.6. The Balaban J connectivity index is 1.75. The quantitative estimate of drug-likeness (QED) is 0.700. The number of imidazole rings is 1. The molecule has 5 heteroatoms. The van der Waals surface area contributed by atoms with Crippen molar-refractivity contribution in [2.45, 2.75) is 19.6 Å². The van der Waals surface area contributed by atoms with E-state index in [-0.39, 0.29) is 0 Å². The Morgan fingerprint density at radius 2 is 1.41 bits per heavy atom. The van der Waals surface area contributed by atoms with Gasteiger partial charge < -0.3 is 4.57 Å². The first kappa shape index (κ1) is 14.4. The van der Waals surface area contributed by atoms with Crippen molar-refractivity contribution in [3.05, 3.63) is 78.4 Å². The predicted molar refractivity (Wildman–Crippen MR) is 84.6 cm³/mol. The molecule has 0 fully saturated rings. The van der Waals surface area contributed by atoms with Crippen LogP contribution >= 0.6 is 0 Å².